The molecule has 0 bridgehead atoms. The van der Waals surface area contributed by atoms with Crippen molar-refractivity contribution in [2.24, 2.45) is 5.73 Å². The van der Waals surface area contributed by atoms with Gasteiger partial charge in [0.05, 0.1) is 6.61 Å². The number of nitrogens with two attached hydrogens (primary N) is 1. The minimum Gasteiger partial charge on any atom is -0.493 e. The second-order valence-corrected chi connectivity index (χ2v) is 5.36. The number of hydrogen-bond donors (Lipinski definition) is 1. The Hall–Kier alpha value is -1.87. The summed E-state index contributed by atoms with van der Waals surface area (Å²) in [4.78, 5) is 0. The molecule has 0 saturated heterocycles. The third-order valence-corrected chi connectivity index (χ3v) is 3.68. The molecule has 0 aliphatic heterocycles. The molecule has 2 aromatic carbocycles. The van der Waals surface area contributed by atoms with Gasteiger partial charge in [0.1, 0.15) is 11.6 Å². The molecular formula is C18H22FNO. The molecule has 2 N–H and O–H groups in total. The van der Waals surface area contributed by atoms with Crippen molar-refractivity contribution in [2.75, 3.05) is 13.2 Å². The summed E-state index contributed by atoms with van der Waals surface area (Å²) < 4.78 is 19.6. The minimum absolute atomic E-state index is 0.0167. The van der Waals surface area contributed by atoms with E-state index in [4.69, 9.17) is 10.5 Å². The normalized spacial score (nSPS) is 12.2. The molecule has 0 aromatic heterocycles. The van der Waals surface area contributed by atoms with E-state index in [1.54, 1.807) is 12.1 Å². The van der Waals surface area contributed by atoms with Crippen LogP contribution in [-0.4, -0.2) is 13.2 Å². The summed E-state index contributed by atoms with van der Waals surface area (Å²) in [6.45, 7) is 5.02. The molecule has 1 unspecified atom stereocenters. The maximum Gasteiger partial charge on any atom is 0.126 e. The predicted octanol–water partition coefficient (Wildman–Crippen LogP) is 3.95. The van der Waals surface area contributed by atoms with E-state index in [1.165, 1.54) is 11.6 Å². The summed E-state index contributed by atoms with van der Waals surface area (Å²) in [5.41, 5.74) is 8.78. The Balaban J connectivity index is 1.96. The van der Waals surface area contributed by atoms with Crippen LogP contribution in [0.1, 0.15) is 29.0 Å². The first kappa shape index (κ1) is 15.5. The first-order chi connectivity index (χ1) is 10.1. The molecule has 2 aromatic rings. The Bertz CT molecular complexity index is 598. The third kappa shape index (κ3) is 4.05. The number of ether oxygens (including phenoxy) is 1. The van der Waals surface area contributed by atoms with Crippen LogP contribution in [0.5, 0.6) is 5.75 Å². The number of hydrogen-bond acceptors (Lipinski definition) is 2. The van der Waals surface area contributed by atoms with Crippen LogP contribution in [0, 0.1) is 19.7 Å². The molecule has 0 aliphatic rings. The van der Waals surface area contributed by atoms with E-state index in [-0.39, 0.29) is 11.7 Å². The van der Waals surface area contributed by atoms with Crippen LogP contribution in [-0.2, 0) is 0 Å². The summed E-state index contributed by atoms with van der Waals surface area (Å²) >= 11 is 0. The lowest BCUT2D eigenvalue weighted by Crippen LogP contribution is -2.17. The highest BCUT2D eigenvalue weighted by atomic mass is 19.1. The van der Waals surface area contributed by atoms with Crippen molar-refractivity contribution in [3.8, 4) is 5.75 Å². The van der Waals surface area contributed by atoms with E-state index in [2.05, 4.69) is 13.0 Å². The highest BCUT2D eigenvalue weighted by molar-refractivity contribution is 5.35. The van der Waals surface area contributed by atoms with Gasteiger partial charge in [0, 0.05) is 5.92 Å². The van der Waals surface area contributed by atoms with Gasteiger partial charge in [0.15, 0.2) is 0 Å². The zero-order valence-electron chi connectivity index (χ0n) is 12.6. The van der Waals surface area contributed by atoms with Crippen molar-refractivity contribution >= 4 is 0 Å². The Morgan fingerprint density at radius 3 is 2.57 bits per heavy atom. The van der Waals surface area contributed by atoms with E-state index in [1.807, 2.05) is 25.1 Å². The lowest BCUT2D eigenvalue weighted by atomic mass is 9.96. The quantitative estimate of drug-likeness (QED) is 0.873. The molecule has 0 radical (unpaired) electrons. The molecule has 0 saturated carbocycles. The average Bonchev–Trinajstić information content (AvgIpc) is 2.47. The van der Waals surface area contributed by atoms with Crippen molar-refractivity contribution in [1.82, 2.24) is 0 Å². The number of halogens is 1. The second-order valence-electron chi connectivity index (χ2n) is 5.36. The van der Waals surface area contributed by atoms with Gasteiger partial charge in [-0.05, 0) is 50.1 Å². The molecule has 112 valence electrons. The molecule has 0 amide bonds. The van der Waals surface area contributed by atoms with Crippen molar-refractivity contribution in [1.29, 1.82) is 0 Å². The van der Waals surface area contributed by atoms with Gasteiger partial charge in [-0.1, -0.05) is 35.9 Å². The molecule has 0 heterocycles. The van der Waals surface area contributed by atoms with Crippen molar-refractivity contribution in [2.45, 2.75) is 26.2 Å². The maximum atomic E-state index is 13.8. The van der Waals surface area contributed by atoms with Gasteiger partial charge in [-0.3, -0.25) is 0 Å². The molecule has 2 nitrogen and oxygen atoms in total. The van der Waals surface area contributed by atoms with Crippen LogP contribution in [0.4, 0.5) is 4.39 Å². The lowest BCUT2D eigenvalue weighted by Gasteiger charge is -2.17. The molecule has 1 atom stereocenters. The van der Waals surface area contributed by atoms with Gasteiger partial charge >= 0.3 is 0 Å². The van der Waals surface area contributed by atoms with Crippen molar-refractivity contribution < 1.29 is 9.13 Å². The minimum atomic E-state index is -0.195. The molecular weight excluding hydrogens is 265 g/mol. The summed E-state index contributed by atoms with van der Waals surface area (Å²) in [7, 11) is 0. The number of aryl methyl sites for hydroxylation is 2. The van der Waals surface area contributed by atoms with E-state index in [9.17, 15) is 4.39 Å². The SMILES string of the molecule is Cc1ccc(OCCC(CN)c2ccccc2F)c(C)c1. The average molecular weight is 287 g/mol. The number of benzene rings is 2. The van der Waals surface area contributed by atoms with Crippen LogP contribution in [0.25, 0.3) is 0 Å². The Kier molecular flexibility index (Phi) is 5.34. The molecule has 21 heavy (non-hydrogen) atoms. The monoisotopic (exact) mass is 287 g/mol. The largest absolute Gasteiger partial charge is 0.493 e. The Morgan fingerprint density at radius 1 is 1.14 bits per heavy atom. The summed E-state index contributed by atoms with van der Waals surface area (Å²) in [5.74, 6) is 0.668. The maximum absolute atomic E-state index is 13.8. The van der Waals surface area contributed by atoms with Gasteiger partial charge in [0.2, 0.25) is 0 Å². The van der Waals surface area contributed by atoms with E-state index in [0.29, 0.717) is 25.1 Å². The van der Waals surface area contributed by atoms with E-state index in [0.717, 1.165) is 11.3 Å². The van der Waals surface area contributed by atoms with Crippen LogP contribution in [0.3, 0.4) is 0 Å². The molecule has 0 aliphatic carbocycles. The van der Waals surface area contributed by atoms with Gasteiger partial charge in [0.25, 0.3) is 0 Å². The zero-order valence-corrected chi connectivity index (χ0v) is 12.6. The van der Waals surface area contributed by atoms with Crippen LogP contribution >= 0.6 is 0 Å². The smallest absolute Gasteiger partial charge is 0.126 e. The standard InChI is InChI=1S/C18H22FNO/c1-13-7-8-18(14(2)11-13)21-10-9-15(12-20)16-5-3-4-6-17(16)19/h3-8,11,15H,9-10,12,20H2,1-2H3. The van der Waals surface area contributed by atoms with Gasteiger partial charge < -0.3 is 10.5 Å². The van der Waals surface area contributed by atoms with Crippen LogP contribution in [0.2, 0.25) is 0 Å². The fraction of sp³-hybridized carbons (Fsp3) is 0.333. The Morgan fingerprint density at radius 2 is 1.90 bits per heavy atom. The summed E-state index contributed by atoms with van der Waals surface area (Å²) in [5, 5.41) is 0. The topological polar surface area (TPSA) is 35.2 Å². The summed E-state index contributed by atoms with van der Waals surface area (Å²) in [6.07, 6.45) is 0.699. The fourth-order valence-electron chi connectivity index (χ4n) is 2.48. The van der Waals surface area contributed by atoms with Crippen molar-refractivity contribution in [3.63, 3.8) is 0 Å². The number of rotatable bonds is 6. The Labute approximate surface area is 125 Å². The van der Waals surface area contributed by atoms with Crippen molar-refractivity contribution in [3.05, 3.63) is 65.0 Å². The highest BCUT2D eigenvalue weighted by Crippen LogP contribution is 2.23. The van der Waals surface area contributed by atoms with E-state index >= 15 is 0 Å². The van der Waals surface area contributed by atoms with E-state index < -0.39 is 0 Å². The molecule has 0 spiro atoms. The first-order valence-electron chi connectivity index (χ1n) is 7.26. The lowest BCUT2D eigenvalue weighted by molar-refractivity contribution is 0.295. The predicted molar refractivity (Wildman–Crippen MR) is 84.2 cm³/mol. The van der Waals surface area contributed by atoms with Crippen LogP contribution < -0.4 is 10.5 Å². The van der Waals surface area contributed by atoms with Gasteiger partial charge in [-0.2, -0.15) is 0 Å². The molecule has 2 rings (SSSR count). The highest BCUT2D eigenvalue weighted by Gasteiger charge is 2.14. The zero-order chi connectivity index (χ0) is 15.2. The molecule has 3 heteroatoms. The fourth-order valence-corrected chi connectivity index (χ4v) is 2.48. The summed E-state index contributed by atoms with van der Waals surface area (Å²) in [6, 6.07) is 12.9. The molecule has 0 fully saturated rings. The van der Waals surface area contributed by atoms with Gasteiger partial charge in [-0.25, -0.2) is 4.39 Å². The van der Waals surface area contributed by atoms with Crippen LogP contribution in [0.15, 0.2) is 42.5 Å². The third-order valence-electron chi connectivity index (χ3n) is 3.68. The first-order valence-corrected chi connectivity index (χ1v) is 7.26. The van der Waals surface area contributed by atoms with Gasteiger partial charge in [-0.15, -0.1) is 0 Å². The second kappa shape index (κ2) is 7.23.